The Labute approximate surface area is 139 Å². The summed E-state index contributed by atoms with van der Waals surface area (Å²) in [6.07, 6.45) is 3.20. The van der Waals surface area contributed by atoms with Crippen LogP contribution in [0.15, 0.2) is 21.7 Å². The van der Waals surface area contributed by atoms with Gasteiger partial charge in [0.15, 0.2) is 0 Å². The highest BCUT2D eigenvalue weighted by Gasteiger charge is 2.25. The molecule has 1 amide bonds. The zero-order chi connectivity index (χ0) is 17.4. The van der Waals surface area contributed by atoms with Crippen LogP contribution in [0.4, 0.5) is 0 Å². The fraction of sp³-hybridized carbons (Fsp3) is 0.529. The molecule has 0 bridgehead atoms. The van der Waals surface area contributed by atoms with Crippen molar-refractivity contribution in [3.05, 3.63) is 38.7 Å². The summed E-state index contributed by atoms with van der Waals surface area (Å²) < 4.78 is 2.35. The largest absolute Gasteiger partial charge is 0.337 e. The predicted molar refractivity (Wildman–Crippen MR) is 91.1 cm³/mol. The summed E-state index contributed by atoms with van der Waals surface area (Å²) in [5.74, 6) is 0.392. The summed E-state index contributed by atoms with van der Waals surface area (Å²) in [4.78, 5) is 43.1. The molecular formula is C17H22N4O3. The molecule has 0 radical (unpaired) electrons. The molecule has 1 saturated heterocycles. The molecule has 1 atom stereocenters. The van der Waals surface area contributed by atoms with E-state index in [4.69, 9.17) is 0 Å². The SMILES string of the molecule is CCC1CCCN(C(=O)c2ccc3c(=O)n(C)c(=O)n(C)c3n2)C1. The molecule has 7 heteroatoms. The Morgan fingerprint density at radius 1 is 1.25 bits per heavy atom. The number of carbonyl (C=O) groups is 1. The van der Waals surface area contributed by atoms with Crippen molar-refractivity contribution >= 4 is 16.9 Å². The molecule has 3 heterocycles. The molecule has 7 nitrogen and oxygen atoms in total. The van der Waals surface area contributed by atoms with Crippen molar-refractivity contribution in [2.45, 2.75) is 26.2 Å². The van der Waals surface area contributed by atoms with Crippen LogP contribution in [0.3, 0.4) is 0 Å². The quantitative estimate of drug-likeness (QED) is 0.819. The third-order valence-corrected chi connectivity index (χ3v) is 4.90. The van der Waals surface area contributed by atoms with Crippen LogP contribution in [0.25, 0.3) is 11.0 Å². The Hall–Kier alpha value is -2.44. The smallest absolute Gasteiger partial charge is 0.332 e. The number of carbonyl (C=O) groups excluding carboxylic acids is 1. The molecule has 1 unspecified atom stereocenters. The fourth-order valence-corrected chi connectivity index (χ4v) is 3.32. The van der Waals surface area contributed by atoms with Gasteiger partial charge in [0.2, 0.25) is 0 Å². The highest BCUT2D eigenvalue weighted by molar-refractivity contribution is 5.94. The van der Waals surface area contributed by atoms with Crippen molar-refractivity contribution in [3.8, 4) is 0 Å². The van der Waals surface area contributed by atoms with Crippen LogP contribution in [-0.4, -0.2) is 38.0 Å². The highest BCUT2D eigenvalue weighted by atomic mass is 16.2. The van der Waals surface area contributed by atoms with Crippen LogP contribution < -0.4 is 11.2 Å². The minimum absolute atomic E-state index is 0.136. The molecule has 2 aromatic heterocycles. The molecule has 0 spiro atoms. The van der Waals surface area contributed by atoms with E-state index in [-0.39, 0.29) is 17.2 Å². The summed E-state index contributed by atoms with van der Waals surface area (Å²) in [7, 11) is 2.99. The standard InChI is InChI=1S/C17H22N4O3/c1-4-11-6-5-9-21(10-11)16(23)13-8-7-12-14(18-13)19(2)17(24)20(3)15(12)22/h7-8,11H,4-6,9-10H2,1-3H3. The van der Waals surface area contributed by atoms with Gasteiger partial charge in [0.05, 0.1) is 5.39 Å². The predicted octanol–water partition coefficient (Wildman–Crippen LogP) is 0.894. The number of fused-ring (bicyclic) bond motifs is 1. The Morgan fingerprint density at radius 2 is 2.00 bits per heavy atom. The van der Waals surface area contributed by atoms with E-state index < -0.39 is 11.2 Å². The first-order valence-electron chi connectivity index (χ1n) is 8.30. The molecular weight excluding hydrogens is 308 g/mol. The maximum absolute atomic E-state index is 12.7. The summed E-state index contributed by atoms with van der Waals surface area (Å²) in [5.41, 5.74) is -0.322. The van der Waals surface area contributed by atoms with E-state index in [1.54, 1.807) is 19.2 Å². The molecule has 3 rings (SSSR count). The van der Waals surface area contributed by atoms with Crippen LogP contribution in [0.2, 0.25) is 0 Å². The van der Waals surface area contributed by atoms with Gasteiger partial charge in [-0.25, -0.2) is 9.78 Å². The van der Waals surface area contributed by atoms with Crippen molar-refractivity contribution in [1.29, 1.82) is 0 Å². The number of aromatic nitrogens is 3. The summed E-state index contributed by atoms with van der Waals surface area (Å²) >= 11 is 0. The van der Waals surface area contributed by atoms with Crippen LogP contribution in [-0.2, 0) is 14.1 Å². The number of hydrogen-bond acceptors (Lipinski definition) is 4. The van der Waals surface area contributed by atoms with E-state index in [1.165, 1.54) is 11.6 Å². The monoisotopic (exact) mass is 330 g/mol. The third kappa shape index (κ3) is 2.64. The van der Waals surface area contributed by atoms with Crippen LogP contribution in [0.5, 0.6) is 0 Å². The molecule has 1 fully saturated rings. The number of aryl methyl sites for hydroxylation is 1. The number of piperidine rings is 1. The highest BCUT2D eigenvalue weighted by Crippen LogP contribution is 2.20. The topological polar surface area (TPSA) is 77.2 Å². The lowest BCUT2D eigenvalue weighted by Gasteiger charge is -2.32. The molecule has 1 aliphatic heterocycles. The Bertz CT molecular complexity index is 912. The maximum atomic E-state index is 12.7. The van der Waals surface area contributed by atoms with E-state index in [0.717, 1.165) is 36.9 Å². The molecule has 0 N–H and O–H groups in total. The molecule has 2 aromatic rings. The second kappa shape index (κ2) is 6.22. The van der Waals surface area contributed by atoms with Crippen LogP contribution >= 0.6 is 0 Å². The first kappa shape index (κ1) is 16.4. The lowest BCUT2D eigenvalue weighted by molar-refractivity contribution is 0.0665. The van der Waals surface area contributed by atoms with Gasteiger partial charge >= 0.3 is 5.69 Å². The lowest BCUT2D eigenvalue weighted by Crippen LogP contribution is -2.40. The summed E-state index contributed by atoms with van der Waals surface area (Å²) in [6.45, 7) is 3.60. The number of pyridine rings is 1. The van der Waals surface area contributed by atoms with Gasteiger partial charge < -0.3 is 4.90 Å². The number of rotatable bonds is 2. The van der Waals surface area contributed by atoms with E-state index in [2.05, 4.69) is 11.9 Å². The zero-order valence-electron chi connectivity index (χ0n) is 14.3. The minimum Gasteiger partial charge on any atom is -0.337 e. The summed E-state index contributed by atoms with van der Waals surface area (Å²) in [6, 6.07) is 3.16. The minimum atomic E-state index is -0.450. The Kier molecular flexibility index (Phi) is 4.26. The first-order valence-corrected chi connectivity index (χ1v) is 8.30. The normalized spacial score (nSPS) is 18.1. The van der Waals surface area contributed by atoms with Crippen molar-refractivity contribution in [2.75, 3.05) is 13.1 Å². The van der Waals surface area contributed by atoms with Gasteiger partial charge in [-0.15, -0.1) is 0 Å². The van der Waals surface area contributed by atoms with Crippen LogP contribution in [0, 0.1) is 5.92 Å². The summed E-state index contributed by atoms with van der Waals surface area (Å²) in [5, 5.41) is 0.334. The van der Waals surface area contributed by atoms with Crippen molar-refractivity contribution in [3.63, 3.8) is 0 Å². The number of amides is 1. The van der Waals surface area contributed by atoms with Crippen molar-refractivity contribution in [2.24, 2.45) is 20.0 Å². The van der Waals surface area contributed by atoms with E-state index in [9.17, 15) is 14.4 Å². The fourth-order valence-electron chi connectivity index (χ4n) is 3.32. The van der Waals surface area contributed by atoms with E-state index in [0.29, 0.717) is 11.3 Å². The molecule has 0 aromatic carbocycles. The second-order valence-corrected chi connectivity index (χ2v) is 6.44. The maximum Gasteiger partial charge on any atom is 0.332 e. The van der Waals surface area contributed by atoms with Crippen molar-refractivity contribution < 1.29 is 4.79 Å². The number of likely N-dealkylation sites (tertiary alicyclic amines) is 1. The zero-order valence-corrected chi connectivity index (χ0v) is 14.3. The van der Waals surface area contributed by atoms with Gasteiger partial charge in [0, 0.05) is 27.2 Å². The second-order valence-electron chi connectivity index (χ2n) is 6.44. The van der Waals surface area contributed by atoms with Gasteiger partial charge in [0.25, 0.3) is 11.5 Å². The van der Waals surface area contributed by atoms with Crippen LogP contribution in [0.1, 0.15) is 36.7 Å². The average Bonchev–Trinajstić information content (AvgIpc) is 2.63. The Morgan fingerprint density at radius 3 is 2.71 bits per heavy atom. The number of nitrogens with zero attached hydrogens (tertiary/aromatic N) is 4. The van der Waals surface area contributed by atoms with Crippen molar-refractivity contribution in [1.82, 2.24) is 19.0 Å². The van der Waals surface area contributed by atoms with Gasteiger partial charge in [-0.1, -0.05) is 13.3 Å². The van der Waals surface area contributed by atoms with Gasteiger partial charge in [-0.2, -0.15) is 0 Å². The van der Waals surface area contributed by atoms with E-state index >= 15 is 0 Å². The molecule has 0 aliphatic carbocycles. The molecule has 128 valence electrons. The van der Waals surface area contributed by atoms with Gasteiger partial charge in [-0.05, 0) is 30.9 Å². The molecule has 24 heavy (non-hydrogen) atoms. The third-order valence-electron chi connectivity index (χ3n) is 4.90. The van der Waals surface area contributed by atoms with Gasteiger partial charge in [-0.3, -0.25) is 18.7 Å². The lowest BCUT2D eigenvalue weighted by atomic mass is 9.95. The molecule has 0 saturated carbocycles. The van der Waals surface area contributed by atoms with E-state index in [1.807, 2.05) is 4.90 Å². The van der Waals surface area contributed by atoms with Gasteiger partial charge in [0.1, 0.15) is 11.3 Å². The number of hydrogen-bond donors (Lipinski definition) is 0. The Balaban J connectivity index is 2.03. The molecule has 1 aliphatic rings. The average molecular weight is 330 g/mol. The first-order chi connectivity index (χ1) is 11.4.